The molecule has 0 aliphatic heterocycles. The highest BCUT2D eigenvalue weighted by Crippen LogP contribution is 2.24. The van der Waals surface area contributed by atoms with Gasteiger partial charge in [-0.15, -0.1) is 0 Å². The second-order valence-corrected chi connectivity index (χ2v) is 5.70. The van der Waals surface area contributed by atoms with Crippen LogP contribution in [-0.2, 0) is 11.2 Å². The number of anilines is 1. The first-order valence-electron chi connectivity index (χ1n) is 7.43. The predicted molar refractivity (Wildman–Crippen MR) is 89.2 cm³/mol. The largest absolute Gasteiger partial charge is 0.478 e. The molecule has 122 valence electrons. The van der Waals surface area contributed by atoms with E-state index < -0.39 is 5.97 Å². The molecule has 0 bridgehead atoms. The SMILES string of the molecule is Cc1cc(C)c2c(CC(=O)Nc3cccc(C(=O)O)c3)noc2c1. The Labute approximate surface area is 138 Å². The zero-order valence-electron chi connectivity index (χ0n) is 13.3. The van der Waals surface area contributed by atoms with Crippen molar-refractivity contribution >= 4 is 28.5 Å². The Morgan fingerprint density at radius 1 is 1.21 bits per heavy atom. The first kappa shape index (κ1) is 15.7. The Hall–Kier alpha value is -3.15. The van der Waals surface area contributed by atoms with Crippen LogP contribution >= 0.6 is 0 Å². The fourth-order valence-corrected chi connectivity index (χ4v) is 2.73. The number of carbonyl (C=O) groups excluding carboxylic acids is 1. The molecular formula is C18H16N2O4. The maximum atomic E-state index is 12.2. The molecule has 1 heterocycles. The van der Waals surface area contributed by atoms with Crippen molar-refractivity contribution in [1.29, 1.82) is 0 Å². The summed E-state index contributed by atoms with van der Waals surface area (Å²) in [4.78, 5) is 23.2. The van der Waals surface area contributed by atoms with E-state index in [4.69, 9.17) is 9.63 Å². The van der Waals surface area contributed by atoms with E-state index in [-0.39, 0.29) is 17.9 Å². The first-order chi connectivity index (χ1) is 11.4. The number of fused-ring (bicyclic) bond motifs is 1. The van der Waals surface area contributed by atoms with E-state index >= 15 is 0 Å². The topological polar surface area (TPSA) is 92.4 Å². The summed E-state index contributed by atoms with van der Waals surface area (Å²) in [7, 11) is 0. The molecule has 6 heteroatoms. The van der Waals surface area contributed by atoms with Crippen molar-refractivity contribution in [2.24, 2.45) is 0 Å². The molecular weight excluding hydrogens is 308 g/mol. The van der Waals surface area contributed by atoms with Crippen LogP contribution in [0, 0.1) is 13.8 Å². The smallest absolute Gasteiger partial charge is 0.335 e. The van der Waals surface area contributed by atoms with Gasteiger partial charge in [0.05, 0.1) is 12.0 Å². The number of nitrogens with zero attached hydrogens (tertiary/aromatic N) is 1. The van der Waals surface area contributed by atoms with Crippen molar-refractivity contribution in [2.75, 3.05) is 5.32 Å². The van der Waals surface area contributed by atoms with Crippen molar-refractivity contribution in [3.8, 4) is 0 Å². The Kier molecular flexibility index (Phi) is 4.04. The molecule has 1 aromatic heterocycles. The third-order valence-corrected chi connectivity index (χ3v) is 3.71. The molecule has 0 fully saturated rings. The van der Waals surface area contributed by atoms with Gasteiger partial charge in [-0.3, -0.25) is 4.79 Å². The highest BCUT2D eigenvalue weighted by molar-refractivity contribution is 5.96. The molecule has 0 spiro atoms. The third kappa shape index (κ3) is 3.12. The Balaban J connectivity index is 1.81. The number of carboxylic acids is 1. The van der Waals surface area contributed by atoms with Crippen molar-refractivity contribution in [3.05, 3.63) is 58.8 Å². The number of benzene rings is 2. The van der Waals surface area contributed by atoms with E-state index in [9.17, 15) is 9.59 Å². The number of aromatic nitrogens is 1. The summed E-state index contributed by atoms with van der Waals surface area (Å²) in [5, 5.41) is 16.5. The third-order valence-electron chi connectivity index (χ3n) is 3.71. The Morgan fingerprint density at radius 3 is 2.75 bits per heavy atom. The van der Waals surface area contributed by atoms with Crippen molar-refractivity contribution in [2.45, 2.75) is 20.3 Å². The minimum Gasteiger partial charge on any atom is -0.478 e. The van der Waals surface area contributed by atoms with Gasteiger partial charge in [0.25, 0.3) is 0 Å². The second kappa shape index (κ2) is 6.16. The van der Waals surface area contributed by atoms with Crippen molar-refractivity contribution in [3.63, 3.8) is 0 Å². The summed E-state index contributed by atoms with van der Waals surface area (Å²) in [6.07, 6.45) is 0.0498. The average molecular weight is 324 g/mol. The second-order valence-electron chi connectivity index (χ2n) is 5.70. The summed E-state index contributed by atoms with van der Waals surface area (Å²) in [6.45, 7) is 3.92. The highest BCUT2D eigenvalue weighted by atomic mass is 16.5. The number of carboxylic acid groups (broad SMARTS) is 1. The zero-order chi connectivity index (χ0) is 17.3. The van der Waals surface area contributed by atoms with E-state index in [2.05, 4.69) is 10.5 Å². The van der Waals surface area contributed by atoms with Gasteiger partial charge in [0, 0.05) is 11.1 Å². The number of aryl methyl sites for hydroxylation is 2. The van der Waals surface area contributed by atoms with Crippen LogP contribution in [0.25, 0.3) is 11.0 Å². The van der Waals surface area contributed by atoms with Crippen molar-refractivity contribution < 1.29 is 19.2 Å². The Morgan fingerprint density at radius 2 is 2.00 bits per heavy atom. The van der Waals surface area contributed by atoms with Crippen LogP contribution in [0.5, 0.6) is 0 Å². The van der Waals surface area contributed by atoms with Gasteiger partial charge >= 0.3 is 5.97 Å². The number of aromatic carboxylic acids is 1. The van der Waals surface area contributed by atoms with Crippen LogP contribution in [0.2, 0.25) is 0 Å². The lowest BCUT2D eigenvalue weighted by molar-refractivity contribution is -0.115. The van der Waals surface area contributed by atoms with E-state index in [0.29, 0.717) is 17.0 Å². The van der Waals surface area contributed by atoms with Crippen LogP contribution in [0.1, 0.15) is 27.2 Å². The van der Waals surface area contributed by atoms with E-state index in [1.54, 1.807) is 12.1 Å². The molecule has 2 N–H and O–H groups in total. The molecule has 24 heavy (non-hydrogen) atoms. The zero-order valence-corrected chi connectivity index (χ0v) is 13.3. The maximum absolute atomic E-state index is 12.2. The molecule has 0 radical (unpaired) electrons. The van der Waals surface area contributed by atoms with Gasteiger partial charge in [-0.2, -0.15) is 0 Å². The van der Waals surface area contributed by atoms with Gasteiger partial charge in [-0.1, -0.05) is 17.3 Å². The van der Waals surface area contributed by atoms with Gasteiger partial charge in [0.1, 0.15) is 5.69 Å². The average Bonchev–Trinajstić information content (AvgIpc) is 2.90. The lowest BCUT2D eigenvalue weighted by Gasteiger charge is -2.05. The Bertz CT molecular complexity index is 943. The number of carbonyl (C=O) groups is 2. The number of nitrogens with one attached hydrogen (secondary N) is 1. The van der Waals surface area contributed by atoms with Crippen LogP contribution in [-0.4, -0.2) is 22.1 Å². The lowest BCUT2D eigenvalue weighted by Crippen LogP contribution is -2.15. The minimum absolute atomic E-state index is 0.0498. The molecule has 0 saturated carbocycles. The van der Waals surface area contributed by atoms with Crippen LogP contribution in [0.15, 0.2) is 40.9 Å². The summed E-state index contributed by atoms with van der Waals surface area (Å²) in [6, 6.07) is 9.99. The maximum Gasteiger partial charge on any atom is 0.335 e. The standard InChI is InChI=1S/C18H16N2O4/c1-10-6-11(2)17-14(20-24-15(17)7-10)9-16(21)19-13-5-3-4-12(8-13)18(22)23/h3-8H,9H2,1-2H3,(H,19,21)(H,22,23). The number of rotatable bonds is 4. The van der Waals surface area contributed by atoms with Crippen LogP contribution < -0.4 is 5.32 Å². The summed E-state index contributed by atoms with van der Waals surface area (Å²) < 4.78 is 5.30. The normalized spacial score (nSPS) is 10.8. The van der Waals surface area contributed by atoms with Gasteiger partial charge in [0.15, 0.2) is 5.58 Å². The lowest BCUT2D eigenvalue weighted by atomic mass is 10.0. The molecule has 6 nitrogen and oxygen atoms in total. The van der Waals surface area contributed by atoms with Crippen LogP contribution in [0.4, 0.5) is 5.69 Å². The molecule has 0 aliphatic rings. The fourth-order valence-electron chi connectivity index (χ4n) is 2.73. The molecule has 3 aromatic rings. The van der Waals surface area contributed by atoms with Gasteiger partial charge in [-0.25, -0.2) is 4.79 Å². The minimum atomic E-state index is -1.04. The summed E-state index contributed by atoms with van der Waals surface area (Å²) in [5.74, 6) is -1.33. The van der Waals surface area contributed by atoms with E-state index in [1.165, 1.54) is 12.1 Å². The van der Waals surface area contributed by atoms with Crippen LogP contribution in [0.3, 0.4) is 0 Å². The monoisotopic (exact) mass is 324 g/mol. The molecule has 1 amide bonds. The number of hydrogen-bond donors (Lipinski definition) is 2. The predicted octanol–water partition coefficient (Wildman–Crippen LogP) is 3.32. The van der Waals surface area contributed by atoms with Gasteiger partial charge in [0.2, 0.25) is 5.91 Å². The summed E-state index contributed by atoms with van der Waals surface area (Å²) in [5.41, 5.74) is 3.84. The molecule has 0 aliphatic carbocycles. The fraction of sp³-hybridized carbons (Fsp3) is 0.167. The summed E-state index contributed by atoms with van der Waals surface area (Å²) >= 11 is 0. The van der Waals surface area contributed by atoms with E-state index in [1.807, 2.05) is 26.0 Å². The quantitative estimate of drug-likeness (QED) is 0.768. The molecule has 0 unspecified atom stereocenters. The van der Waals surface area contributed by atoms with Crippen molar-refractivity contribution in [1.82, 2.24) is 5.16 Å². The molecule has 2 aromatic carbocycles. The highest BCUT2D eigenvalue weighted by Gasteiger charge is 2.15. The molecule has 3 rings (SSSR count). The van der Waals surface area contributed by atoms with E-state index in [0.717, 1.165) is 16.5 Å². The number of hydrogen-bond acceptors (Lipinski definition) is 4. The van der Waals surface area contributed by atoms with Gasteiger partial charge < -0.3 is 14.9 Å². The number of amides is 1. The molecule has 0 atom stereocenters. The first-order valence-corrected chi connectivity index (χ1v) is 7.43. The van der Waals surface area contributed by atoms with Gasteiger partial charge in [-0.05, 0) is 49.2 Å². The molecule has 0 saturated heterocycles.